The van der Waals surface area contributed by atoms with E-state index in [0.717, 1.165) is 28.5 Å². The molecule has 160 valence electrons. The highest BCUT2D eigenvalue weighted by molar-refractivity contribution is 8.15. The largest absolute Gasteiger partial charge is 0.495 e. The lowest BCUT2D eigenvalue weighted by Crippen LogP contribution is -2.31. The third-order valence-electron chi connectivity index (χ3n) is 5.48. The zero-order chi connectivity index (χ0) is 22.1. The number of nitrogens with zero attached hydrogens (tertiary/aromatic N) is 1. The second-order valence-electron chi connectivity index (χ2n) is 7.31. The number of nitrogens with one attached hydrogen (secondary N) is 2. The molecule has 10 heteroatoms. The standard InChI is InChI=1S/C21H19N3O6S/c1-30-16-8-6-13(14-7-9-17(25)22-18(14)16)15(19-20(26)23-21(27)31-19)10-11-2-4-12(5-3-11)24(28)29/h2-6,8,15,19H,7,9-10H2,1H3,(H,22,25)(H,23,26,27). The van der Waals surface area contributed by atoms with E-state index in [-0.39, 0.29) is 23.4 Å². The first kappa shape index (κ1) is 20.9. The zero-order valence-electron chi connectivity index (χ0n) is 16.5. The Morgan fingerprint density at radius 1 is 1.13 bits per heavy atom. The third kappa shape index (κ3) is 4.11. The van der Waals surface area contributed by atoms with Gasteiger partial charge in [0.25, 0.3) is 10.9 Å². The summed E-state index contributed by atoms with van der Waals surface area (Å²) in [4.78, 5) is 46.9. The summed E-state index contributed by atoms with van der Waals surface area (Å²) in [5.74, 6) is -0.336. The number of hydrogen-bond acceptors (Lipinski definition) is 7. The molecule has 0 spiro atoms. The van der Waals surface area contributed by atoms with Crippen molar-refractivity contribution in [2.24, 2.45) is 0 Å². The predicted octanol–water partition coefficient (Wildman–Crippen LogP) is 3.17. The quantitative estimate of drug-likeness (QED) is 0.520. The van der Waals surface area contributed by atoms with Crippen molar-refractivity contribution in [1.29, 1.82) is 0 Å². The number of fused-ring (bicyclic) bond motifs is 1. The fourth-order valence-corrected chi connectivity index (χ4v) is 4.99. The summed E-state index contributed by atoms with van der Waals surface area (Å²) < 4.78 is 5.40. The molecule has 31 heavy (non-hydrogen) atoms. The van der Waals surface area contributed by atoms with Crippen molar-refractivity contribution in [2.75, 3.05) is 12.4 Å². The lowest BCUT2D eigenvalue weighted by molar-refractivity contribution is -0.384. The monoisotopic (exact) mass is 441 g/mol. The Morgan fingerprint density at radius 3 is 2.48 bits per heavy atom. The number of hydrogen-bond donors (Lipinski definition) is 2. The molecule has 2 aliphatic heterocycles. The molecule has 4 rings (SSSR count). The third-order valence-corrected chi connectivity index (χ3v) is 6.60. The van der Waals surface area contributed by atoms with Crippen LogP contribution in [0.4, 0.5) is 16.2 Å². The topological polar surface area (TPSA) is 128 Å². The van der Waals surface area contributed by atoms with E-state index in [2.05, 4.69) is 10.6 Å². The van der Waals surface area contributed by atoms with Gasteiger partial charge >= 0.3 is 0 Å². The highest BCUT2D eigenvalue weighted by Crippen LogP contribution is 2.43. The number of carbonyl (C=O) groups excluding carboxylic acids is 3. The number of carbonyl (C=O) groups is 3. The first-order valence-corrected chi connectivity index (χ1v) is 10.5. The highest BCUT2D eigenvalue weighted by Gasteiger charge is 2.40. The maximum atomic E-state index is 12.5. The molecular weight excluding hydrogens is 422 g/mol. The molecule has 2 N–H and O–H groups in total. The Morgan fingerprint density at radius 2 is 1.87 bits per heavy atom. The molecule has 1 saturated heterocycles. The zero-order valence-corrected chi connectivity index (χ0v) is 17.4. The van der Waals surface area contributed by atoms with Gasteiger partial charge in [0.05, 0.1) is 17.7 Å². The molecule has 2 aromatic carbocycles. The normalized spacial score (nSPS) is 18.7. The number of imide groups is 1. The summed E-state index contributed by atoms with van der Waals surface area (Å²) in [6, 6.07) is 9.75. The molecule has 0 radical (unpaired) electrons. The Hall–Kier alpha value is -3.40. The summed E-state index contributed by atoms with van der Waals surface area (Å²) in [6.45, 7) is 0. The van der Waals surface area contributed by atoms with E-state index in [4.69, 9.17) is 4.74 Å². The first-order valence-electron chi connectivity index (χ1n) is 9.61. The van der Waals surface area contributed by atoms with Crippen LogP contribution in [0.1, 0.15) is 29.0 Å². The highest BCUT2D eigenvalue weighted by atomic mass is 32.2. The molecule has 0 aromatic heterocycles. The van der Waals surface area contributed by atoms with Crippen LogP contribution in [0.5, 0.6) is 5.75 Å². The number of anilines is 1. The van der Waals surface area contributed by atoms with Gasteiger partial charge in [-0.2, -0.15) is 0 Å². The van der Waals surface area contributed by atoms with E-state index in [0.29, 0.717) is 30.7 Å². The molecule has 0 bridgehead atoms. The number of rotatable bonds is 6. The van der Waals surface area contributed by atoms with E-state index >= 15 is 0 Å². The minimum Gasteiger partial charge on any atom is -0.495 e. The Kier molecular flexibility index (Phi) is 5.64. The van der Waals surface area contributed by atoms with Crippen LogP contribution in [0.2, 0.25) is 0 Å². The van der Waals surface area contributed by atoms with Crippen molar-refractivity contribution in [3.05, 3.63) is 63.2 Å². The fraction of sp³-hybridized carbons (Fsp3) is 0.286. The van der Waals surface area contributed by atoms with Gasteiger partial charge in [-0.1, -0.05) is 30.0 Å². The van der Waals surface area contributed by atoms with Crippen LogP contribution in [0, 0.1) is 10.1 Å². The lowest BCUT2D eigenvalue weighted by Gasteiger charge is -2.28. The summed E-state index contributed by atoms with van der Waals surface area (Å²) in [7, 11) is 1.52. The van der Waals surface area contributed by atoms with Crippen LogP contribution < -0.4 is 15.4 Å². The van der Waals surface area contributed by atoms with Crippen molar-refractivity contribution < 1.29 is 24.0 Å². The van der Waals surface area contributed by atoms with Gasteiger partial charge in [0.1, 0.15) is 11.0 Å². The maximum Gasteiger partial charge on any atom is 0.286 e. The fourth-order valence-electron chi connectivity index (χ4n) is 4.03. The second-order valence-corrected chi connectivity index (χ2v) is 8.42. The summed E-state index contributed by atoms with van der Waals surface area (Å²) in [5.41, 5.74) is 3.08. The molecular formula is C21H19N3O6S. The first-order chi connectivity index (χ1) is 14.9. The van der Waals surface area contributed by atoms with Gasteiger partial charge in [0.2, 0.25) is 11.8 Å². The average molecular weight is 441 g/mol. The molecule has 2 aliphatic rings. The van der Waals surface area contributed by atoms with Crippen LogP contribution in [0.15, 0.2) is 36.4 Å². The van der Waals surface area contributed by atoms with E-state index in [9.17, 15) is 24.5 Å². The van der Waals surface area contributed by atoms with Crippen molar-refractivity contribution >= 4 is 40.2 Å². The van der Waals surface area contributed by atoms with Crippen molar-refractivity contribution in [2.45, 2.75) is 30.4 Å². The van der Waals surface area contributed by atoms with Gasteiger partial charge in [-0.3, -0.25) is 29.8 Å². The van der Waals surface area contributed by atoms with Crippen molar-refractivity contribution in [1.82, 2.24) is 5.32 Å². The van der Waals surface area contributed by atoms with E-state index in [1.54, 1.807) is 18.2 Å². The smallest absolute Gasteiger partial charge is 0.286 e. The van der Waals surface area contributed by atoms with Gasteiger partial charge in [-0.05, 0) is 35.6 Å². The molecule has 1 fully saturated rings. The molecule has 9 nitrogen and oxygen atoms in total. The van der Waals surface area contributed by atoms with Gasteiger partial charge in [0.15, 0.2) is 0 Å². The van der Waals surface area contributed by atoms with Crippen LogP contribution in [-0.2, 0) is 22.4 Å². The number of nitro groups is 1. The Balaban J connectivity index is 1.77. The Labute approximate surface area is 181 Å². The van der Waals surface area contributed by atoms with Crippen LogP contribution in [-0.4, -0.2) is 34.3 Å². The molecule has 2 heterocycles. The predicted molar refractivity (Wildman–Crippen MR) is 114 cm³/mol. The van der Waals surface area contributed by atoms with Gasteiger partial charge in [-0.25, -0.2) is 0 Å². The molecule has 2 atom stereocenters. The molecule has 2 aromatic rings. The van der Waals surface area contributed by atoms with E-state index in [1.807, 2.05) is 6.07 Å². The van der Waals surface area contributed by atoms with Crippen LogP contribution in [0.25, 0.3) is 0 Å². The molecule has 2 unspecified atom stereocenters. The molecule has 0 saturated carbocycles. The number of thioether (sulfide) groups is 1. The molecule has 0 aliphatic carbocycles. The van der Waals surface area contributed by atoms with Crippen LogP contribution in [0.3, 0.4) is 0 Å². The number of nitro benzene ring substituents is 1. The van der Waals surface area contributed by atoms with E-state index in [1.165, 1.54) is 19.2 Å². The van der Waals surface area contributed by atoms with Crippen molar-refractivity contribution in [3.63, 3.8) is 0 Å². The number of methoxy groups -OCH3 is 1. The van der Waals surface area contributed by atoms with Gasteiger partial charge < -0.3 is 10.1 Å². The number of non-ortho nitro benzene ring substituents is 1. The SMILES string of the molecule is COc1ccc(C(Cc2ccc([N+](=O)[O-])cc2)C2SC(=O)NC2=O)c2c1NC(=O)CC2. The summed E-state index contributed by atoms with van der Waals surface area (Å²) >= 11 is 0.939. The number of benzene rings is 2. The average Bonchev–Trinajstić information content (AvgIpc) is 3.09. The summed E-state index contributed by atoms with van der Waals surface area (Å²) in [6.07, 6.45) is 1.18. The van der Waals surface area contributed by atoms with E-state index < -0.39 is 15.4 Å². The lowest BCUT2D eigenvalue weighted by atomic mass is 9.83. The number of ether oxygens (including phenoxy) is 1. The second kappa shape index (κ2) is 8.38. The Bertz CT molecular complexity index is 1090. The van der Waals surface area contributed by atoms with Gasteiger partial charge in [-0.15, -0.1) is 0 Å². The van der Waals surface area contributed by atoms with Crippen LogP contribution >= 0.6 is 11.8 Å². The van der Waals surface area contributed by atoms with Crippen molar-refractivity contribution in [3.8, 4) is 5.75 Å². The maximum absolute atomic E-state index is 12.5. The summed E-state index contributed by atoms with van der Waals surface area (Å²) in [5, 5.41) is 15.1. The molecule has 3 amide bonds. The van der Waals surface area contributed by atoms with Gasteiger partial charge in [0, 0.05) is 24.5 Å². The minimum atomic E-state index is -0.655. The number of amides is 3. The minimum absolute atomic E-state index is 0.0204.